The molecule has 7 heavy (non-hydrogen) atoms. The Labute approximate surface area is 40.8 Å². The lowest BCUT2D eigenvalue weighted by atomic mass is 11.5. The zero-order chi connectivity index (χ0) is 5.54. The van der Waals surface area contributed by atoms with E-state index < -0.39 is 0 Å². The summed E-state index contributed by atoms with van der Waals surface area (Å²) in [6, 6.07) is 0. The maximum absolute atomic E-state index is 6.00. The fourth-order valence-electron chi connectivity index (χ4n) is 0.0763. The average molecular weight is 98.1 g/mol. The van der Waals surface area contributed by atoms with E-state index in [1.165, 1.54) is 0 Å². The van der Waals surface area contributed by atoms with Crippen molar-refractivity contribution < 1.29 is 9.68 Å². The first-order valence-corrected chi connectivity index (χ1v) is 1.39. The topological polar surface area (TPSA) is 27.2 Å². The van der Waals surface area contributed by atoms with Gasteiger partial charge in [0, 0.05) is 0 Å². The summed E-state index contributed by atoms with van der Waals surface area (Å²) in [4.78, 5) is 7.86. The van der Waals surface area contributed by atoms with E-state index in [0.717, 1.165) is 0 Å². The Hall–Kier alpha value is -1.42. The molecule has 0 rings (SSSR count). The number of nitrogens with zero attached hydrogens (tertiary/aromatic N) is 2. The highest BCUT2D eigenvalue weighted by molar-refractivity contribution is 4.25. The molecule has 36 valence electrons. The molecule has 0 heterocycles. The van der Waals surface area contributed by atoms with Gasteiger partial charge in [0.05, 0.1) is 0 Å². The lowest BCUT2D eigenvalue weighted by molar-refractivity contribution is 0.0384. The van der Waals surface area contributed by atoms with Crippen LogP contribution in [0.2, 0.25) is 0 Å². The van der Waals surface area contributed by atoms with E-state index in [9.17, 15) is 0 Å². The number of rotatable bonds is 2. The molecule has 0 amide bonds. The van der Waals surface area contributed by atoms with Gasteiger partial charge in [0.1, 0.15) is 0 Å². The Bertz CT molecular complexity index is 95.1. The van der Waals surface area contributed by atoms with Crippen LogP contribution >= 0.6 is 0 Å². The molecule has 0 unspecified atom stereocenters. The molecule has 0 aromatic heterocycles. The van der Waals surface area contributed by atoms with Crippen LogP contribution < -0.4 is 0 Å². The van der Waals surface area contributed by atoms with Crippen LogP contribution in [0.4, 0.5) is 0 Å². The van der Waals surface area contributed by atoms with Crippen molar-refractivity contribution >= 4 is 0 Å². The standard InChI is InChI=1S/C3H2N2O2/c1-4-6-3-7-5-2/h3H2. The Balaban J connectivity index is 2.77. The van der Waals surface area contributed by atoms with Crippen molar-refractivity contribution in [3.63, 3.8) is 0 Å². The predicted molar refractivity (Wildman–Crippen MR) is 20.2 cm³/mol. The van der Waals surface area contributed by atoms with Gasteiger partial charge < -0.3 is 0 Å². The van der Waals surface area contributed by atoms with Gasteiger partial charge in [-0.2, -0.15) is 13.1 Å². The van der Waals surface area contributed by atoms with E-state index in [1.54, 1.807) is 0 Å². The van der Waals surface area contributed by atoms with Gasteiger partial charge >= 0.3 is 6.79 Å². The maximum atomic E-state index is 6.00. The predicted octanol–water partition coefficient (Wildman–Crippen LogP) is 0.646. The molecule has 0 spiro atoms. The molecule has 0 saturated heterocycles. The van der Waals surface area contributed by atoms with Gasteiger partial charge in [0.15, 0.2) is 0 Å². The van der Waals surface area contributed by atoms with Crippen LogP contribution in [0.3, 0.4) is 0 Å². The van der Waals surface area contributed by atoms with Gasteiger partial charge in [0.25, 0.3) is 0 Å². The quantitative estimate of drug-likeness (QED) is 0.219. The van der Waals surface area contributed by atoms with Gasteiger partial charge in [-0.3, -0.25) is 0 Å². The first kappa shape index (κ1) is 5.58. The molecular formula is C3H2N2O2. The van der Waals surface area contributed by atoms with E-state index in [-0.39, 0.29) is 6.79 Å². The highest BCUT2D eigenvalue weighted by atomic mass is 16.8. The summed E-state index contributed by atoms with van der Waals surface area (Å²) in [5, 5.41) is 4.91. The van der Waals surface area contributed by atoms with Crippen LogP contribution in [0.25, 0.3) is 10.0 Å². The van der Waals surface area contributed by atoms with Crippen LogP contribution in [0.15, 0.2) is 0 Å². The van der Waals surface area contributed by atoms with Gasteiger partial charge in [-0.05, 0) is 10.0 Å². The molecular weight excluding hydrogens is 96.0 g/mol. The molecule has 4 nitrogen and oxygen atoms in total. The van der Waals surface area contributed by atoms with Crippen molar-refractivity contribution in [3.8, 4) is 0 Å². The van der Waals surface area contributed by atoms with Gasteiger partial charge in [-0.1, -0.05) is 0 Å². The molecule has 0 aliphatic carbocycles. The fourth-order valence-corrected chi connectivity index (χ4v) is 0.0763. The van der Waals surface area contributed by atoms with E-state index in [1.807, 2.05) is 0 Å². The van der Waals surface area contributed by atoms with Crippen molar-refractivity contribution in [1.82, 2.24) is 0 Å². The second kappa shape index (κ2) is 4.58. The minimum absolute atomic E-state index is 0.271. The van der Waals surface area contributed by atoms with E-state index in [0.29, 0.717) is 0 Å². The Kier molecular flexibility index (Phi) is 3.65. The fraction of sp³-hybridized carbons (Fsp3) is 0.333. The molecule has 0 saturated carbocycles. The smallest absolute Gasteiger partial charge is 0.151 e. The lowest BCUT2D eigenvalue weighted by Gasteiger charge is -1.75. The summed E-state index contributed by atoms with van der Waals surface area (Å²) in [7, 11) is 0. The molecule has 0 aliphatic heterocycles. The zero-order valence-electron chi connectivity index (χ0n) is 3.42. The SMILES string of the molecule is [C-]#[N+]OCO[N+]#[C-]. The largest absolute Gasteiger partial charge is 0.392 e. The molecule has 0 aliphatic rings. The highest BCUT2D eigenvalue weighted by Gasteiger charge is 1.83. The number of hydrogen-bond donors (Lipinski definition) is 0. The maximum Gasteiger partial charge on any atom is 0.392 e. The molecule has 0 bridgehead atoms. The van der Waals surface area contributed by atoms with Crippen molar-refractivity contribution in [3.05, 3.63) is 23.2 Å². The Morgan fingerprint density at radius 1 is 1.14 bits per heavy atom. The van der Waals surface area contributed by atoms with Gasteiger partial charge in [0.2, 0.25) is 0 Å². The van der Waals surface area contributed by atoms with E-state index in [4.69, 9.17) is 13.1 Å². The van der Waals surface area contributed by atoms with Crippen LogP contribution in [0.1, 0.15) is 0 Å². The summed E-state index contributed by atoms with van der Waals surface area (Å²) in [6.45, 7) is 11.7. The van der Waals surface area contributed by atoms with Crippen molar-refractivity contribution in [1.29, 1.82) is 0 Å². The summed E-state index contributed by atoms with van der Waals surface area (Å²) in [5.41, 5.74) is 0. The third-order valence-corrected chi connectivity index (χ3v) is 0.235. The third kappa shape index (κ3) is 4.58. The van der Waals surface area contributed by atoms with Crippen molar-refractivity contribution in [2.24, 2.45) is 0 Å². The first-order chi connectivity index (χ1) is 3.41. The third-order valence-electron chi connectivity index (χ3n) is 0.235. The first-order valence-electron chi connectivity index (χ1n) is 1.39. The van der Waals surface area contributed by atoms with Crippen LogP contribution in [0.5, 0.6) is 0 Å². The highest BCUT2D eigenvalue weighted by Crippen LogP contribution is 1.75. The second-order valence-electron chi connectivity index (χ2n) is 0.559. The summed E-state index contributed by atoms with van der Waals surface area (Å²) in [6.07, 6.45) is 0. The van der Waals surface area contributed by atoms with Gasteiger partial charge in [-0.25, -0.2) is 0 Å². The monoisotopic (exact) mass is 98.0 g/mol. The van der Waals surface area contributed by atoms with Crippen molar-refractivity contribution in [2.45, 2.75) is 0 Å². The van der Waals surface area contributed by atoms with E-state index >= 15 is 0 Å². The zero-order valence-corrected chi connectivity index (χ0v) is 3.42. The Morgan fingerprint density at radius 3 is 1.86 bits per heavy atom. The molecule has 4 heteroatoms. The molecule has 0 aromatic rings. The minimum atomic E-state index is -0.271. The van der Waals surface area contributed by atoms with Gasteiger partial charge in [-0.15, -0.1) is 9.68 Å². The summed E-state index contributed by atoms with van der Waals surface area (Å²) in [5.74, 6) is 0. The normalized spacial score (nSPS) is 5.43. The molecule has 0 atom stereocenters. The summed E-state index contributed by atoms with van der Waals surface area (Å²) < 4.78 is 0. The molecule has 0 N–H and O–H groups in total. The summed E-state index contributed by atoms with van der Waals surface area (Å²) >= 11 is 0. The lowest BCUT2D eigenvalue weighted by Crippen LogP contribution is -1.82. The molecule has 0 fully saturated rings. The minimum Gasteiger partial charge on any atom is -0.151 e. The Morgan fingerprint density at radius 2 is 1.57 bits per heavy atom. The van der Waals surface area contributed by atoms with Crippen LogP contribution in [-0.4, -0.2) is 6.79 Å². The second-order valence-corrected chi connectivity index (χ2v) is 0.559. The van der Waals surface area contributed by atoms with E-state index in [2.05, 4.69) is 19.7 Å². The van der Waals surface area contributed by atoms with Crippen LogP contribution in [-0.2, 0) is 9.68 Å². The number of hydrogen-bond acceptors (Lipinski definition) is 2. The van der Waals surface area contributed by atoms with Crippen LogP contribution in [0, 0.1) is 13.1 Å². The van der Waals surface area contributed by atoms with Crippen molar-refractivity contribution in [2.75, 3.05) is 6.79 Å². The molecule has 0 radical (unpaired) electrons. The molecule has 0 aromatic carbocycles. The average Bonchev–Trinajstić information content (AvgIpc) is 1.69.